The molecule has 0 spiro atoms. The first kappa shape index (κ1) is 23.9. The van der Waals surface area contributed by atoms with Gasteiger partial charge >= 0.3 is 0 Å². The molecule has 0 aromatic heterocycles. The Hall–Kier alpha value is -0.160. The number of rotatable bonds is 10. The smallest absolute Gasteiger partial charge is 0.0462 e. The summed E-state index contributed by atoms with van der Waals surface area (Å²) >= 11 is 0. The number of hydrogen-bond acceptors (Lipinski definition) is 4. The van der Waals surface area contributed by atoms with Crippen molar-refractivity contribution >= 4 is 0 Å². The molecule has 0 aromatic rings. The summed E-state index contributed by atoms with van der Waals surface area (Å²) in [5.41, 5.74) is 0. The fourth-order valence-electron chi connectivity index (χ4n) is 1.56. The van der Waals surface area contributed by atoms with Crippen LogP contribution in [0.2, 0.25) is 0 Å². The van der Waals surface area contributed by atoms with E-state index in [1.165, 1.54) is 57.8 Å². The van der Waals surface area contributed by atoms with E-state index in [2.05, 4.69) is 6.92 Å². The van der Waals surface area contributed by atoms with Gasteiger partial charge in [-0.25, -0.2) is 0 Å². The largest absolute Gasteiger partial charge is 0.385 e. The molecule has 0 aliphatic carbocycles. The molecule has 2 N–H and O–H groups in total. The van der Waals surface area contributed by atoms with Crippen LogP contribution in [0.15, 0.2) is 0 Å². The fourth-order valence-corrected chi connectivity index (χ4v) is 1.56. The molecule has 0 bridgehead atoms. The molecule has 0 fully saturated rings. The van der Waals surface area contributed by atoms with Crippen LogP contribution < -0.4 is 0 Å². The van der Waals surface area contributed by atoms with Crippen LogP contribution >= 0.6 is 0 Å². The maximum absolute atomic E-state index is 7.44. The van der Waals surface area contributed by atoms with Gasteiger partial charge in [-0.05, 0) is 6.42 Å². The Morgan fingerprint density at radius 1 is 0.789 bits per heavy atom. The van der Waals surface area contributed by atoms with E-state index in [-0.39, 0.29) is 5.23 Å². The fraction of sp³-hybridized carbons (Fsp3) is 1.00. The maximum Gasteiger partial charge on any atom is 0.0462 e. The molecule has 120 valence electrons. The van der Waals surface area contributed by atoms with E-state index < -0.39 is 0 Å². The lowest BCUT2D eigenvalue weighted by atomic mass is 10.1. The summed E-state index contributed by atoms with van der Waals surface area (Å²) in [6.45, 7) is 7.21. The van der Waals surface area contributed by atoms with Gasteiger partial charge in [0.15, 0.2) is 0 Å². The minimum absolute atomic E-state index is 0. The highest BCUT2D eigenvalue weighted by atomic mass is 16.8. The van der Waals surface area contributed by atoms with Crippen molar-refractivity contribution in [2.24, 2.45) is 0 Å². The SMILES string of the molecule is CC.CCCCCCCCCCCOC.CN(O)O. The van der Waals surface area contributed by atoms with Crippen LogP contribution in [0.1, 0.15) is 78.6 Å². The summed E-state index contributed by atoms with van der Waals surface area (Å²) in [6.07, 6.45) is 12.5. The van der Waals surface area contributed by atoms with Crippen molar-refractivity contribution in [2.45, 2.75) is 78.6 Å². The molecule has 0 rings (SSSR count). The van der Waals surface area contributed by atoms with Gasteiger partial charge in [-0.1, -0.05) is 77.4 Å². The minimum atomic E-state index is 0. The highest BCUT2D eigenvalue weighted by molar-refractivity contribution is 4.46. The monoisotopic (exact) mass is 279 g/mol. The number of ether oxygens (including phenoxy) is 1. The third kappa shape index (κ3) is 46.2. The van der Waals surface area contributed by atoms with Crippen LogP contribution in [0.25, 0.3) is 0 Å². The maximum atomic E-state index is 7.44. The average Bonchev–Trinajstić information content (AvgIpc) is 2.39. The van der Waals surface area contributed by atoms with Gasteiger partial charge in [-0.3, -0.25) is 10.4 Å². The third-order valence-electron chi connectivity index (χ3n) is 2.45. The molecule has 4 heteroatoms. The minimum Gasteiger partial charge on any atom is -0.385 e. The number of nitrogens with zero attached hydrogens (tertiary/aromatic N) is 1. The first-order valence-electron chi connectivity index (χ1n) is 7.75. The predicted octanol–water partition coefficient (Wildman–Crippen LogP) is 4.89. The summed E-state index contributed by atoms with van der Waals surface area (Å²) < 4.78 is 5.00. The van der Waals surface area contributed by atoms with E-state index in [0.717, 1.165) is 13.7 Å². The van der Waals surface area contributed by atoms with E-state index in [0.29, 0.717) is 0 Å². The van der Waals surface area contributed by atoms with Gasteiger partial charge in [-0.15, -0.1) is 0 Å². The summed E-state index contributed by atoms with van der Waals surface area (Å²) in [6, 6.07) is 0. The van der Waals surface area contributed by atoms with Crippen molar-refractivity contribution in [3.05, 3.63) is 0 Å². The summed E-state index contributed by atoms with van der Waals surface area (Å²) in [7, 11) is 2.89. The Morgan fingerprint density at radius 2 is 1.11 bits per heavy atom. The number of methoxy groups -OCH3 is 1. The van der Waals surface area contributed by atoms with Gasteiger partial charge in [0.1, 0.15) is 0 Å². The lowest BCUT2D eigenvalue weighted by Gasteiger charge is -2.01. The van der Waals surface area contributed by atoms with Crippen LogP contribution in [0.5, 0.6) is 0 Å². The number of hydrogen-bond donors (Lipinski definition) is 2. The number of hydroxylamine groups is 2. The molecule has 0 atom stereocenters. The van der Waals surface area contributed by atoms with Crippen molar-refractivity contribution in [3.8, 4) is 0 Å². The molecule has 0 saturated carbocycles. The van der Waals surface area contributed by atoms with Crippen LogP contribution in [-0.2, 0) is 4.74 Å². The zero-order valence-corrected chi connectivity index (χ0v) is 13.8. The quantitative estimate of drug-likeness (QED) is 0.442. The van der Waals surface area contributed by atoms with Crippen molar-refractivity contribution in [2.75, 3.05) is 20.8 Å². The van der Waals surface area contributed by atoms with Gasteiger partial charge in [-0.2, -0.15) is 0 Å². The van der Waals surface area contributed by atoms with E-state index in [4.69, 9.17) is 15.2 Å². The predicted molar refractivity (Wildman–Crippen MR) is 81.8 cm³/mol. The molecule has 4 nitrogen and oxygen atoms in total. The average molecular weight is 279 g/mol. The van der Waals surface area contributed by atoms with Crippen molar-refractivity contribution in [3.63, 3.8) is 0 Å². The van der Waals surface area contributed by atoms with Crippen molar-refractivity contribution in [1.82, 2.24) is 5.23 Å². The molecule has 0 heterocycles. The summed E-state index contributed by atoms with van der Waals surface area (Å²) in [4.78, 5) is 0. The number of unbranched alkanes of at least 4 members (excludes halogenated alkanes) is 8. The Labute approximate surface area is 120 Å². The molecule has 0 unspecified atom stereocenters. The molecule has 0 aliphatic rings. The Bertz CT molecular complexity index is 109. The molecule has 0 aliphatic heterocycles. The standard InChI is InChI=1S/C12H26O.C2H6.CH5NO2/c1-3-4-5-6-7-8-9-10-11-12-13-2;1-2;1-2(3)4/h3-12H2,1-2H3;1-2H3;3-4H,1H3. The molecule has 19 heavy (non-hydrogen) atoms. The van der Waals surface area contributed by atoms with Gasteiger partial charge in [0.25, 0.3) is 0 Å². The summed E-state index contributed by atoms with van der Waals surface area (Å²) in [5.74, 6) is 0. The van der Waals surface area contributed by atoms with Gasteiger partial charge in [0.2, 0.25) is 0 Å². The Kier molecular flexibility index (Phi) is 33.2. The molecule has 0 radical (unpaired) electrons. The second kappa shape index (κ2) is 26.4. The zero-order chi connectivity index (χ0) is 15.4. The molecule has 0 saturated heterocycles. The molecule has 0 amide bonds. The van der Waals surface area contributed by atoms with Crippen LogP contribution in [0.3, 0.4) is 0 Å². The Morgan fingerprint density at radius 3 is 1.42 bits per heavy atom. The lowest BCUT2D eigenvalue weighted by Crippen LogP contribution is -2.02. The van der Waals surface area contributed by atoms with Crippen molar-refractivity contribution < 1.29 is 15.2 Å². The topological polar surface area (TPSA) is 52.9 Å². The highest BCUT2D eigenvalue weighted by Gasteiger charge is 1.91. The van der Waals surface area contributed by atoms with Crippen LogP contribution in [0.4, 0.5) is 0 Å². The normalized spacial score (nSPS) is 9.47. The van der Waals surface area contributed by atoms with E-state index >= 15 is 0 Å². The molecular formula is C15H37NO3. The van der Waals surface area contributed by atoms with Crippen LogP contribution in [-0.4, -0.2) is 36.4 Å². The highest BCUT2D eigenvalue weighted by Crippen LogP contribution is 2.09. The second-order valence-electron chi connectivity index (χ2n) is 4.31. The second-order valence-corrected chi connectivity index (χ2v) is 4.31. The van der Waals surface area contributed by atoms with Crippen LogP contribution in [0, 0.1) is 0 Å². The molecular weight excluding hydrogens is 242 g/mol. The Balaban J connectivity index is -0.000000361. The lowest BCUT2D eigenvalue weighted by molar-refractivity contribution is -0.287. The van der Waals surface area contributed by atoms with Gasteiger partial charge in [0, 0.05) is 20.8 Å². The third-order valence-corrected chi connectivity index (χ3v) is 2.45. The molecule has 0 aromatic carbocycles. The van der Waals surface area contributed by atoms with Gasteiger partial charge < -0.3 is 4.74 Å². The van der Waals surface area contributed by atoms with E-state index in [1.807, 2.05) is 13.8 Å². The van der Waals surface area contributed by atoms with Crippen molar-refractivity contribution in [1.29, 1.82) is 0 Å². The zero-order valence-electron chi connectivity index (χ0n) is 13.8. The summed E-state index contributed by atoms with van der Waals surface area (Å²) in [5, 5.41) is 14.9. The van der Waals surface area contributed by atoms with E-state index in [9.17, 15) is 0 Å². The van der Waals surface area contributed by atoms with Gasteiger partial charge in [0.05, 0.1) is 0 Å². The van der Waals surface area contributed by atoms with E-state index in [1.54, 1.807) is 7.11 Å². The first-order valence-corrected chi connectivity index (χ1v) is 7.75. The first-order chi connectivity index (χ1) is 9.15.